The average Bonchev–Trinajstić information content (AvgIpc) is 3.23. The van der Waals surface area contributed by atoms with Crippen LogP contribution in [0, 0.1) is 5.92 Å². The fraction of sp³-hybridized carbons (Fsp3) is 0.464. The third-order valence-electron chi connectivity index (χ3n) is 7.01. The molecule has 1 heterocycles. The molecule has 0 aromatic heterocycles. The zero-order valence-electron chi connectivity index (χ0n) is 21.3. The molecule has 4 atom stereocenters. The van der Waals surface area contributed by atoms with Crippen LogP contribution in [0.4, 0.5) is 4.79 Å². The molecule has 3 rings (SSSR count). The van der Waals surface area contributed by atoms with Gasteiger partial charge in [-0.3, -0.25) is 14.5 Å². The van der Waals surface area contributed by atoms with Crippen LogP contribution in [0.3, 0.4) is 0 Å². The molecule has 0 saturated carbocycles. The van der Waals surface area contributed by atoms with Crippen molar-refractivity contribution < 1.29 is 24.2 Å². The summed E-state index contributed by atoms with van der Waals surface area (Å²) >= 11 is 0. The first kappa shape index (κ1) is 27.2. The smallest absolute Gasteiger partial charge is 0.410 e. The van der Waals surface area contributed by atoms with Crippen molar-refractivity contribution in [1.82, 2.24) is 15.1 Å². The summed E-state index contributed by atoms with van der Waals surface area (Å²) in [4.78, 5) is 40.5. The molecule has 2 amide bonds. The maximum absolute atomic E-state index is 13.0. The van der Waals surface area contributed by atoms with E-state index in [-0.39, 0.29) is 30.5 Å². The van der Waals surface area contributed by atoms with E-state index in [1.54, 1.807) is 11.9 Å². The summed E-state index contributed by atoms with van der Waals surface area (Å²) in [7, 11) is 1.69. The van der Waals surface area contributed by atoms with Crippen LogP contribution in [0.2, 0.25) is 0 Å². The maximum atomic E-state index is 13.0. The molecule has 1 aliphatic heterocycles. The van der Waals surface area contributed by atoms with Crippen LogP contribution < -0.4 is 5.32 Å². The van der Waals surface area contributed by atoms with E-state index in [9.17, 15) is 19.5 Å². The van der Waals surface area contributed by atoms with Gasteiger partial charge in [0.2, 0.25) is 5.91 Å². The number of rotatable bonds is 11. The highest BCUT2D eigenvalue weighted by atomic mass is 16.6. The van der Waals surface area contributed by atoms with Crippen LogP contribution in [0.1, 0.15) is 44.2 Å². The third kappa shape index (κ3) is 7.31. The second-order valence-corrected chi connectivity index (χ2v) is 9.48. The number of hydrogen-bond donors (Lipinski definition) is 2. The van der Waals surface area contributed by atoms with Crippen molar-refractivity contribution in [3.8, 4) is 0 Å². The monoisotopic (exact) mass is 495 g/mol. The van der Waals surface area contributed by atoms with Crippen LogP contribution in [-0.4, -0.2) is 64.6 Å². The lowest BCUT2D eigenvalue weighted by molar-refractivity contribution is -0.143. The zero-order valence-corrected chi connectivity index (χ0v) is 21.3. The van der Waals surface area contributed by atoms with Gasteiger partial charge in [-0.05, 0) is 29.9 Å². The van der Waals surface area contributed by atoms with Crippen LogP contribution in [0.15, 0.2) is 60.7 Å². The number of hydrogen-bond acceptors (Lipinski definition) is 5. The van der Waals surface area contributed by atoms with E-state index < -0.39 is 18.1 Å². The Balaban J connectivity index is 1.83. The summed E-state index contributed by atoms with van der Waals surface area (Å²) in [5, 5.41) is 13.0. The number of carboxylic acids is 1. The number of likely N-dealkylation sites (N-methyl/N-ethyl adjacent to an activating group) is 1. The lowest BCUT2D eigenvalue weighted by Crippen LogP contribution is -2.48. The van der Waals surface area contributed by atoms with Gasteiger partial charge in [0.15, 0.2) is 0 Å². The lowest BCUT2D eigenvalue weighted by Gasteiger charge is -2.35. The molecule has 2 N–H and O–H groups in total. The molecular formula is C28H37N3O5. The topological polar surface area (TPSA) is 99.2 Å². The van der Waals surface area contributed by atoms with Gasteiger partial charge in [0.25, 0.3) is 0 Å². The van der Waals surface area contributed by atoms with Crippen LogP contribution >= 0.6 is 0 Å². The van der Waals surface area contributed by atoms with Crippen molar-refractivity contribution in [2.45, 2.75) is 64.4 Å². The highest BCUT2D eigenvalue weighted by Gasteiger charge is 2.47. The van der Waals surface area contributed by atoms with Crippen LogP contribution in [0.5, 0.6) is 0 Å². The van der Waals surface area contributed by atoms with Crippen LogP contribution in [-0.2, 0) is 27.5 Å². The first-order valence-electron chi connectivity index (χ1n) is 12.5. The lowest BCUT2D eigenvalue weighted by atomic mass is 9.92. The number of carboxylic acid groups (broad SMARTS) is 1. The molecule has 2 aromatic rings. The van der Waals surface area contributed by atoms with Gasteiger partial charge >= 0.3 is 12.1 Å². The van der Waals surface area contributed by atoms with E-state index in [4.69, 9.17) is 4.74 Å². The third-order valence-corrected chi connectivity index (χ3v) is 7.01. The van der Waals surface area contributed by atoms with E-state index in [0.717, 1.165) is 17.5 Å². The second-order valence-electron chi connectivity index (χ2n) is 9.48. The summed E-state index contributed by atoms with van der Waals surface area (Å²) in [5.41, 5.74) is 1.90. The molecule has 1 aliphatic rings. The molecule has 0 radical (unpaired) electrons. The van der Waals surface area contributed by atoms with Crippen molar-refractivity contribution in [3.63, 3.8) is 0 Å². The minimum atomic E-state index is -0.903. The summed E-state index contributed by atoms with van der Waals surface area (Å²) in [6, 6.07) is 17.9. The molecule has 36 heavy (non-hydrogen) atoms. The van der Waals surface area contributed by atoms with Crippen molar-refractivity contribution in [1.29, 1.82) is 0 Å². The number of ether oxygens (including phenoxy) is 1. The molecule has 4 unspecified atom stereocenters. The van der Waals surface area contributed by atoms with Crippen molar-refractivity contribution >= 4 is 18.0 Å². The molecule has 0 bridgehead atoms. The van der Waals surface area contributed by atoms with Gasteiger partial charge in [-0.25, -0.2) is 4.79 Å². The Hall–Kier alpha value is -3.39. The van der Waals surface area contributed by atoms with Crippen molar-refractivity contribution in [2.24, 2.45) is 5.92 Å². The van der Waals surface area contributed by atoms with Gasteiger partial charge in [0, 0.05) is 33.1 Å². The van der Waals surface area contributed by atoms with E-state index in [0.29, 0.717) is 25.9 Å². The largest absolute Gasteiger partial charge is 0.480 e. The average molecular weight is 496 g/mol. The molecule has 1 fully saturated rings. The summed E-state index contributed by atoms with van der Waals surface area (Å²) in [6.07, 6.45) is 1.30. The van der Waals surface area contributed by atoms with E-state index in [1.807, 2.05) is 65.6 Å². The molecule has 8 nitrogen and oxygen atoms in total. The van der Waals surface area contributed by atoms with E-state index in [2.05, 4.69) is 12.2 Å². The summed E-state index contributed by atoms with van der Waals surface area (Å²) in [5.74, 6) is -0.858. The summed E-state index contributed by atoms with van der Waals surface area (Å²) in [6.45, 7) is 4.67. The molecule has 1 saturated heterocycles. The first-order chi connectivity index (χ1) is 17.3. The van der Waals surface area contributed by atoms with Crippen molar-refractivity contribution in [2.75, 3.05) is 13.6 Å². The quantitative estimate of drug-likeness (QED) is 0.491. The zero-order chi connectivity index (χ0) is 26.1. The maximum Gasteiger partial charge on any atom is 0.410 e. The number of carbonyl (C=O) groups excluding carboxylic acids is 2. The fourth-order valence-electron chi connectivity index (χ4n) is 4.93. The van der Waals surface area contributed by atoms with Gasteiger partial charge < -0.3 is 20.1 Å². The normalized spacial score (nSPS) is 20.5. The van der Waals surface area contributed by atoms with E-state index in [1.165, 1.54) is 6.92 Å². The SMILES string of the molecule is CCC(CNC(C)=O)CC1C(N(C)C(=O)OCc2ccccc2)CC(C(=O)O)N1Cc1ccccc1. The predicted octanol–water partition coefficient (Wildman–Crippen LogP) is 3.90. The second kappa shape index (κ2) is 13.1. The highest BCUT2D eigenvalue weighted by molar-refractivity contribution is 5.75. The molecular weight excluding hydrogens is 458 g/mol. The first-order valence-corrected chi connectivity index (χ1v) is 12.5. The van der Waals surface area contributed by atoms with Gasteiger partial charge in [-0.1, -0.05) is 74.0 Å². The Labute approximate surface area is 213 Å². The number of carbonyl (C=O) groups is 3. The minimum Gasteiger partial charge on any atom is -0.480 e. The van der Waals surface area contributed by atoms with Gasteiger partial charge in [-0.2, -0.15) is 0 Å². The molecule has 194 valence electrons. The Bertz CT molecular complexity index is 1000. The van der Waals surface area contributed by atoms with E-state index >= 15 is 0 Å². The Morgan fingerprint density at radius 3 is 2.25 bits per heavy atom. The Morgan fingerprint density at radius 2 is 1.69 bits per heavy atom. The number of likely N-dealkylation sites (tertiary alicyclic amines) is 1. The highest BCUT2D eigenvalue weighted by Crippen LogP contribution is 2.34. The summed E-state index contributed by atoms with van der Waals surface area (Å²) < 4.78 is 5.57. The Morgan fingerprint density at radius 1 is 1.08 bits per heavy atom. The number of nitrogens with one attached hydrogen (secondary N) is 1. The minimum absolute atomic E-state index is 0.0948. The van der Waals surface area contributed by atoms with Gasteiger partial charge in [-0.15, -0.1) is 0 Å². The molecule has 0 spiro atoms. The molecule has 0 aliphatic carbocycles. The number of aliphatic carboxylic acids is 1. The van der Waals surface area contributed by atoms with Gasteiger partial charge in [0.1, 0.15) is 12.6 Å². The molecule has 8 heteroatoms. The number of nitrogens with zero attached hydrogens (tertiary/aromatic N) is 2. The van der Waals surface area contributed by atoms with Crippen LogP contribution in [0.25, 0.3) is 0 Å². The molecule has 2 aromatic carbocycles. The fourth-order valence-corrected chi connectivity index (χ4v) is 4.93. The predicted molar refractivity (Wildman–Crippen MR) is 137 cm³/mol. The van der Waals surface area contributed by atoms with Gasteiger partial charge in [0.05, 0.1) is 6.04 Å². The number of amides is 2. The standard InChI is InChI=1S/C28H37N3O5/c1-4-21(17-29-20(2)32)15-25-24(30(3)28(35)36-19-23-13-9-6-10-14-23)16-26(27(33)34)31(25)18-22-11-7-5-8-12-22/h5-14,21,24-26H,4,15-19H2,1-3H3,(H,29,32)(H,33,34). The van der Waals surface area contributed by atoms with Crippen molar-refractivity contribution in [3.05, 3.63) is 71.8 Å². The Kier molecular flexibility index (Phi) is 9.87. The number of benzene rings is 2.